The average molecular weight is 371 g/mol. The maximum atomic E-state index is 13.0. The molecule has 2 amide bonds. The topological polar surface area (TPSA) is 69.6 Å². The number of amides is 2. The summed E-state index contributed by atoms with van der Waals surface area (Å²) in [4.78, 5) is 40.4. The van der Waals surface area contributed by atoms with Crippen LogP contribution in [0.5, 0.6) is 0 Å². The van der Waals surface area contributed by atoms with Crippen LogP contribution < -0.4 is 0 Å². The summed E-state index contributed by atoms with van der Waals surface area (Å²) in [7, 11) is 2.12. The van der Waals surface area contributed by atoms with Gasteiger partial charge in [0.25, 0.3) is 0 Å². The second-order valence-corrected chi connectivity index (χ2v) is 8.18. The fourth-order valence-corrected chi connectivity index (χ4v) is 4.53. The van der Waals surface area contributed by atoms with Gasteiger partial charge >= 0.3 is 0 Å². The van der Waals surface area contributed by atoms with Crippen molar-refractivity contribution < 1.29 is 9.59 Å². The van der Waals surface area contributed by atoms with Gasteiger partial charge in [0.15, 0.2) is 0 Å². The number of likely N-dealkylation sites (tertiary alicyclic amines) is 2. The van der Waals surface area contributed by atoms with Crippen LogP contribution in [0.15, 0.2) is 6.20 Å². The predicted molar refractivity (Wildman–Crippen MR) is 101 cm³/mol. The van der Waals surface area contributed by atoms with Crippen LogP contribution in [0.25, 0.3) is 0 Å². The van der Waals surface area contributed by atoms with E-state index in [1.165, 1.54) is 5.56 Å². The highest BCUT2D eigenvalue weighted by Crippen LogP contribution is 2.27. The van der Waals surface area contributed by atoms with E-state index in [-0.39, 0.29) is 23.8 Å². The molecule has 0 saturated carbocycles. The Labute approximate surface area is 160 Å². The van der Waals surface area contributed by atoms with Gasteiger partial charge in [-0.15, -0.1) is 0 Å². The van der Waals surface area contributed by atoms with Gasteiger partial charge in [-0.25, -0.2) is 9.97 Å². The molecule has 0 aliphatic carbocycles. The lowest BCUT2D eigenvalue weighted by Gasteiger charge is -2.36. The first-order chi connectivity index (χ1) is 13.0. The molecular formula is C20H29N5O2. The van der Waals surface area contributed by atoms with Gasteiger partial charge in [-0.1, -0.05) is 0 Å². The van der Waals surface area contributed by atoms with Crippen LogP contribution in [0.1, 0.15) is 55.6 Å². The number of piperidine rings is 1. The van der Waals surface area contributed by atoms with Crippen molar-refractivity contribution in [1.29, 1.82) is 0 Å². The molecule has 4 heterocycles. The van der Waals surface area contributed by atoms with Crippen LogP contribution in [0.4, 0.5) is 0 Å². The first-order valence-electron chi connectivity index (χ1n) is 10.1. The van der Waals surface area contributed by atoms with Gasteiger partial charge < -0.3 is 14.7 Å². The number of hydrogen-bond acceptors (Lipinski definition) is 5. The van der Waals surface area contributed by atoms with Crippen molar-refractivity contribution >= 4 is 11.8 Å². The first-order valence-corrected chi connectivity index (χ1v) is 10.1. The molecule has 0 radical (unpaired) electrons. The number of aromatic nitrogens is 2. The van der Waals surface area contributed by atoms with E-state index >= 15 is 0 Å². The molecule has 0 unspecified atom stereocenters. The molecule has 1 aromatic heterocycles. The van der Waals surface area contributed by atoms with E-state index in [0.717, 1.165) is 56.8 Å². The molecule has 2 saturated heterocycles. The number of fused-ring (bicyclic) bond motifs is 1. The van der Waals surface area contributed by atoms with Crippen molar-refractivity contribution in [3.63, 3.8) is 0 Å². The van der Waals surface area contributed by atoms with E-state index in [1.807, 2.05) is 18.0 Å². The first kappa shape index (κ1) is 18.3. The molecule has 1 aromatic rings. The highest BCUT2D eigenvalue weighted by molar-refractivity contribution is 5.88. The van der Waals surface area contributed by atoms with Crippen molar-refractivity contribution in [3.05, 3.63) is 23.3 Å². The lowest BCUT2D eigenvalue weighted by atomic mass is 9.96. The van der Waals surface area contributed by atoms with Crippen molar-refractivity contribution in [2.75, 3.05) is 33.2 Å². The smallest absolute Gasteiger partial charge is 0.245 e. The largest absolute Gasteiger partial charge is 0.340 e. The summed E-state index contributed by atoms with van der Waals surface area (Å²) in [5, 5.41) is 0. The second-order valence-electron chi connectivity index (χ2n) is 8.18. The summed E-state index contributed by atoms with van der Waals surface area (Å²) in [6, 6.07) is -0.362. The molecule has 146 valence electrons. The fourth-order valence-electron chi connectivity index (χ4n) is 4.53. The molecule has 0 aromatic carbocycles. The molecule has 2 fully saturated rings. The van der Waals surface area contributed by atoms with E-state index in [0.29, 0.717) is 19.5 Å². The van der Waals surface area contributed by atoms with E-state index in [9.17, 15) is 9.59 Å². The Morgan fingerprint density at radius 3 is 2.85 bits per heavy atom. The van der Waals surface area contributed by atoms with Gasteiger partial charge in [0.1, 0.15) is 11.9 Å². The third-order valence-corrected chi connectivity index (χ3v) is 6.18. The van der Waals surface area contributed by atoms with Gasteiger partial charge in [0, 0.05) is 68.9 Å². The molecule has 4 rings (SSSR count). The molecule has 7 heteroatoms. The van der Waals surface area contributed by atoms with Crippen LogP contribution in [0.2, 0.25) is 0 Å². The minimum atomic E-state index is -0.362. The Morgan fingerprint density at radius 1 is 1.22 bits per heavy atom. The zero-order valence-corrected chi connectivity index (χ0v) is 16.4. The molecular weight excluding hydrogens is 342 g/mol. The van der Waals surface area contributed by atoms with Crippen molar-refractivity contribution in [3.8, 4) is 0 Å². The average Bonchev–Trinajstić information content (AvgIpc) is 3.12. The lowest BCUT2D eigenvalue weighted by Crippen LogP contribution is -2.50. The Morgan fingerprint density at radius 2 is 2.07 bits per heavy atom. The highest BCUT2D eigenvalue weighted by atomic mass is 16.2. The molecule has 27 heavy (non-hydrogen) atoms. The Balaban J connectivity index is 1.45. The summed E-state index contributed by atoms with van der Waals surface area (Å²) >= 11 is 0. The Hall–Kier alpha value is -2.02. The third-order valence-electron chi connectivity index (χ3n) is 6.18. The Kier molecular flexibility index (Phi) is 5.12. The summed E-state index contributed by atoms with van der Waals surface area (Å²) in [5.74, 6) is 1.23. The van der Waals surface area contributed by atoms with Gasteiger partial charge in [-0.2, -0.15) is 0 Å². The van der Waals surface area contributed by atoms with Crippen LogP contribution in [-0.2, 0) is 22.6 Å². The van der Waals surface area contributed by atoms with Gasteiger partial charge in [0.05, 0.1) is 0 Å². The minimum Gasteiger partial charge on any atom is -0.340 e. The quantitative estimate of drug-likeness (QED) is 0.798. The fraction of sp³-hybridized carbons (Fsp3) is 0.700. The van der Waals surface area contributed by atoms with Gasteiger partial charge in [0.2, 0.25) is 11.8 Å². The number of likely N-dealkylation sites (N-methyl/N-ethyl adjacent to an activating group) is 1. The molecule has 0 spiro atoms. The summed E-state index contributed by atoms with van der Waals surface area (Å²) < 4.78 is 0. The number of nitrogens with zero attached hydrogens (tertiary/aromatic N) is 5. The maximum absolute atomic E-state index is 13.0. The normalized spacial score (nSPS) is 24.8. The van der Waals surface area contributed by atoms with E-state index < -0.39 is 0 Å². The summed E-state index contributed by atoms with van der Waals surface area (Å²) in [5.41, 5.74) is 2.38. The van der Waals surface area contributed by atoms with Crippen molar-refractivity contribution in [1.82, 2.24) is 24.7 Å². The standard InChI is InChI=1S/C20H29N5O2/c1-14(25-9-4-6-18(25)26)20(27)24-8-3-5-15(13-24)19-21-11-16-12-23(2)10-7-17(16)22-19/h11,14-15H,3-10,12-13H2,1-2H3/t14-,15+/m1/s1. The van der Waals surface area contributed by atoms with Crippen LogP contribution in [-0.4, -0.2) is 75.8 Å². The maximum Gasteiger partial charge on any atom is 0.245 e. The van der Waals surface area contributed by atoms with Crippen LogP contribution in [0.3, 0.4) is 0 Å². The SMILES string of the molecule is C[C@H](C(=O)N1CCC[C@H](c2ncc3c(n2)CCN(C)C3)C1)N1CCCC1=O. The molecule has 3 aliphatic rings. The molecule has 3 aliphatic heterocycles. The molecule has 0 bridgehead atoms. The van der Waals surface area contributed by atoms with Gasteiger partial charge in [-0.3, -0.25) is 9.59 Å². The highest BCUT2D eigenvalue weighted by Gasteiger charge is 2.34. The third kappa shape index (κ3) is 3.70. The molecule has 7 nitrogen and oxygen atoms in total. The summed E-state index contributed by atoms with van der Waals surface area (Å²) in [6.45, 7) is 5.92. The monoisotopic (exact) mass is 371 g/mol. The number of rotatable bonds is 3. The lowest BCUT2D eigenvalue weighted by molar-refractivity contribution is -0.143. The van der Waals surface area contributed by atoms with Crippen LogP contribution >= 0.6 is 0 Å². The van der Waals surface area contributed by atoms with Crippen molar-refractivity contribution in [2.45, 2.75) is 57.5 Å². The molecule has 0 N–H and O–H groups in total. The van der Waals surface area contributed by atoms with Crippen molar-refractivity contribution in [2.24, 2.45) is 0 Å². The van der Waals surface area contributed by atoms with Crippen LogP contribution in [0, 0.1) is 0 Å². The van der Waals surface area contributed by atoms with E-state index in [2.05, 4.69) is 16.9 Å². The number of hydrogen-bond donors (Lipinski definition) is 0. The second kappa shape index (κ2) is 7.54. The van der Waals surface area contributed by atoms with E-state index in [4.69, 9.17) is 4.98 Å². The predicted octanol–water partition coefficient (Wildman–Crippen LogP) is 1.18. The zero-order valence-electron chi connectivity index (χ0n) is 16.4. The minimum absolute atomic E-state index is 0.0644. The number of carbonyl (C=O) groups is 2. The molecule has 2 atom stereocenters. The van der Waals surface area contributed by atoms with E-state index in [1.54, 1.807) is 4.90 Å². The summed E-state index contributed by atoms with van der Waals surface area (Å²) in [6.07, 6.45) is 6.33. The van der Waals surface area contributed by atoms with Gasteiger partial charge in [-0.05, 0) is 33.2 Å². The number of carbonyl (C=O) groups excluding carboxylic acids is 2. The zero-order chi connectivity index (χ0) is 19.0. The Bertz CT molecular complexity index is 737.